The molecule has 10 heteroatoms. The molecule has 2 aromatic carbocycles. The Hall–Kier alpha value is -5.90. The summed E-state index contributed by atoms with van der Waals surface area (Å²) in [7, 11) is 0. The molecule has 0 aliphatic rings. The van der Waals surface area contributed by atoms with E-state index in [9.17, 15) is 9.59 Å². The number of pyridine rings is 2. The van der Waals surface area contributed by atoms with E-state index in [2.05, 4.69) is 55.4 Å². The van der Waals surface area contributed by atoms with Crippen LogP contribution in [0.1, 0.15) is 103 Å². The molecule has 55 heavy (non-hydrogen) atoms. The van der Waals surface area contributed by atoms with Crippen LogP contribution in [0.3, 0.4) is 0 Å². The van der Waals surface area contributed by atoms with E-state index in [1.165, 1.54) is 0 Å². The number of rotatable bonds is 7. The highest BCUT2D eigenvalue weighted by molar-refractivity contribution is 5.97. The van der Waals surface area contributed by atoms with Crippen molar-refractivity contribution in [3.05, 3.63) is 121 Å². The maximum absolute atomic E-state index is 12.9. The van der Waals surface area contributed by atoms with Crippen LogP contribution in [0, 0.1) is 0 Å². The molecule has 2 amide bonds. The molecular formula is C45H54N8O2. The number of nitrogens with zero attached hydrogens (tertiary/aromatic N) is 6. The van der Waals surface area contributed by atoms with Crippen LogP contribution in [0.5, 0.6) is 0 Å². The summed E-state index contributed by atoms with van der Waals surface area (Å²) in [5.41, 5.74) is 7.06. The van der Waals surface area contributed by atoms with Crippen LogP contribution in [0.2, 0.25) is 0 Å². The lowest BCUT2D eigenvalue weighted by atomic mass is 10.0. The first-order chi connectivity index (χ1) is 25.8. The zero-order valence-electron chi connectivity index (χ0n) is 34.0. The monoisotopic (exact) mass is 738 g/mol. The number of amides is 2. The third-order valence-corrected chi connectivity index (χ3v) is 8.25. The van der Waals surface area contributed by atoms with Crippen LogP contribution in [0.4, 0.5) is 0 Å². The van der Waals surface area contributed by atoms with Crippen molar-refractivity contribution in [1.82, 2.24) is 40.2 Å². The number of aromatic nitrogens is 6. The van der Waals surface area contributed by atoms with E-state index in [1.54, 1.807) is 12.4 Å². The molecule has 0 saturated carbocycles. The molecule has 4 aromatic heterocycles. The maximum Gasteiger partial charge on any atom is 0.251 e. The second-order valence-corrected chi connectivity index (χ2v) is 16.9. The van der Waals surface area contributed by atoms with Gasteiger partial charge in [-0.1, -0.05) is 60.7 Å². The Bertz CT molecular complexity index is 2230. The number of carbonyl (C=O) groups excluding carboxylic acids is 2. The Morgan fingerprint density at radius 1 is 0.545 bits per heavy atom. The van der Waals surface area contributed by atoms with Gasteiger partial charge in [-0.05, 0) is 113 Å². The normalized spacial score (nSPS) is 11.9. The zero-order chi connectivity index (χ0) is 40.1. The average molecular weight is 739 g/mol. The van der Waals surface area contributed by atoms with Gasteiger partial charge in [-0.15, -0.1) is 0 Å². The van der Waals surface area contributed by atoms with E-state index in [0.717, 1.165) is 45.3 Å². The van der Waals surface area contributed by atoms with Gasteiger partial charge in [0.15, 0.2) is 0 Å². The summed E-state index contributed by atoms with van der Waals surface area (Å²) in [6.45, 7) is 22.3. The van der Waals surface area contributed by atoms with Crippen LogP contribution in [0.25, 0.3) is 45.3 Å². The first-order valence-corrected chi connectivity index (χ1v) is 18.7. The van der Waals surface area contributed by atoms with Gasteiger partial charge >= 0.3 is 0 Å². The fourth-order valence-electron chi connectivity index (χ4n) is 5.89. The number of hydrogen-bond acceptors (Lipinski definition) is 6. The smallest absolute Gasteiger partial charge is 0.251 e. The molecule has 0 unspecified atom stereocenters. The number of carbonyl (C=O) groups is 2. The number of nitrogens with one attached hydrogen (secondary N) is 2. The Morgan fingerprint density at radius 3 is 1.36 bits per heavy atom. The molecular weight excluding hydrogens is 685 g/mol. The molecule has 0 spiro atoms. The van der Waals surface area contributed by atoms with Crippen LogP contribution in [-0.2, 0) is 5.54 Å². The predicted octanol–water partition coefficient (Wildman–Crippen LogP) is 9.62. The summed E-state index contributed by atoms with van der Waals surface area (Å²) in [6, 6.07) is 31.2. The Morgan fingerprint density at radius 2 is 0.945 bits per heavy atom. The molecule has 286 valence electrons. The second-order valence-electron chi connectivity index (χ2n) is 16.9. The van der Waals surface area contributed by atoms with Crippen molar-refractivity contribution < 1.29 is 9.59 Å². The summed E-state index contributed by atoms with van der Waals surface area (Å²) in [6.07, 6.45) is 3.54. The van der Waals surface area contributed by atoms with Gasteiger partial charge in [0.1, 0.15) is 0 Å². The minimum atomic E-state index is -0.319. The Balaban J connectivity index is 0.000000211. The highest BCUT2D eigenvalue weighted by Gasteiger charge is 2.23. The molecule has 0 saturated heterocycles. The molecule has 0 aliphatic carbocycles. The highest BCUT2D eigenvalue weighted by Crippen LogP contribution is 2.29. The summed E-state index contributed by atoms with van der Waals surface area (Å²) >= 11 is 0. The molecule has 0 bridgehead atoms. The van der Waals surface area contributed by atoms with Gasteiger partial charge in [-0.25, -0.2) is 9.97 Å². The summed E-state index contributed by atoms with van der Waals surface area (Å²) in [4.78, 5) is 35.4. The zero-order valence-corrected chi connectivity index (χ0v) is 34.0. The van der Waals surface area contributed by atoms with E-state index < -0.39 is 0 Å². The van der Waals surface area contributed by atoms with Crippen molar-refractivity contribution in [2.75, 3.05) is 0 Å². The fourth-order valence-corrected chi connectivity index (χ4v) is 5.89. The molecule has 0 fully saturated rings. The van der Waals surface area contributed by atoms with E-state index in [-0.39, 0.29) is 34.5 Å². The number of benzene rings is 2. The van der Waals surface area contributed by atoms with Crippen molar-refractivity contribution in [2.24, 2.45) is 0 Å². The lowest BCUT2D eigenvalue weighted by Gasteiger charge is -2.23. The molecule has 6 rings (SSSR count). The summed E-state index contributed by atoms with van der Waals surface area (Å²) in [5.74, 6) is -0.228. The van der Waals surface area contributed by atoms with Crippen LogP contribution in [0.15, 0.2) is 109 Å². The standard InChI is InChI=1S/C23H28N4O.C22H26N4O/c1-22(2,3)26-21(28)17-14-18(16-10-8-7-9-11-16)25-19(15-17)20-12-13-24-27(20)23(4,5)6;1-15(2)26-20(11-12-23-26)19-14-17(21(27)25-22(3,4)5)13-18(24-19)16-9-7-6-8-10-16/h7-15H,1-6H3,(H,26,28);6-15H,1-5H3,(H,25,27). The molecule has 0 atom stereocenters. The maximum atomic E-state index is 12.9. The third-order valence-electron chi connectivity index (χ3n) is 8.25. The molecule has 0 radical (unpaired) electrons. The summed E-state index contributed by atoms with van der Waals surface area (Å²) < 4.78 is 3.86. The van der Waals surface area contributed by atoms with E-state index in [1.807, 2.05) is 148 Å². The Kier molecular flexibility index (Phi) is 11.9. The van der Waals surface area contributed by atoms with E-state index in [4.69, 9.17) is 9.97 Å². The van der Waals surface area contributed by atoms with Crippen molar-refractivity contribution in [1.29, 1.82) is 0 Å². The third kappa shape index (κ3) is 10.6. The average Bonchev–Trinajstić information content (AvgIpc) is 3.83. The first kappa shape index (κ1) is 40.3. The van der Waals surface area contributed by atoms with E-state index in [0.29, 0.717) is 11.1 Å². The second kappa shape index (κ2) is 16.2. The quantitative estimate of drug-likeness (QED) is 0.168. The largest absolute Gasteiger partial charge is 0.347 e. The van der Waals surface area contributed by atoms with Gasteiger partial charge in [0.05, 0.1) is 39.7 Å². The van der Waals surface area contributed by atoms with Gasteiger partial charge in [0.2, 0.25) is 0 Å². The lowest BCUT2D eigenvalue weighted by molar-refractivity contribution is 0.0910. The molecule has 10 nitrogen and oxygen atoms in total. The van der Waals surface area contributed by atoms with Crippen molar-refractivity contribution in [2.45, 2.75) is 98.8 Å². The number of hydrogen-bond donors (Lipinski definition) is 2. The van der Waals surface area contributed by atoms with E-state index >= 15 is 0 Å². The van der Waals surface area contributed by atoms with Crippen LogP contribution < -0.4 is 10.6 Å². The van der Waals surface area contributed by atoms with Crippen molar-refractivity contribution >= 4 is 11.8 Å². The SMILES string of the molecule is CC(C)(C)NC(=O)c1cc(-c2ccccc2)nc(-c2ccnn2C(C)(C)C)c1.CC(C)n1nccc1-c1cc(C(=O)NC(C)(C)C)cc(-c2ccccc2)n1. The topological polar surface area (TPSA) is 120 Å². The van der Waals surface area contributed by atoms with Crippen molar-refractivity contribution in [3.8, 4) is 45.3 Å². The Labute approximate surface area is 325 Å². The van der Waals surface area contributed by atoms with Crippen LogP contribution >= 0.6 is 0 Å². The van der Waals surface area contributed by atoms with Gasteiger partial charge in [0, 0.05) is 51.8 Å². The van der Waals surface area contributed by atoms with Crippen molar-refractivity contribution in [3.63, 3.8) is 0 Å². The highest BCUT2D eigenvalue weighted by atomic mass is 16.2. The molecule has 4 heterocycles. The van der Waals surface area contributed by atoms with Gasteiger partial charge in [0.25, 0.3) is 11.8 Å². The minimum absolute atomic E-state index is 0.112. The predicted molar refractivity (Wildman–Crippen MR) is 222 cm³/mol. The van der Waals surface area contributed by atoms with Gasteiger partial charge < -0.3 is 10.6 Å². The lowest BCUT2D eigenvalue weighted by Crippen LogP contribution is -2.40. The fraction of sp³-hybridized carbons (Fsp3) is 0.333. The molecule has 0 aliphatic heterocycles. The van der Waals surface area contributed by atoms with Crippen LogP contribution in [-0.4, -0.2) is 52.4 Å². The molecule has 2 N–H and O–H groups in total. The van der Waals surface area contributed by atoms with Gasteiger partial charge in [-0.3, -0.25) is 19.0 Å². The minimum Gasteiger partial charge on any atom is -0.347 e. The van der Waals surface area contributed by atoms with Gasteiger partial charge in [-0.2, -0.15) is 10.2 Å². The first-order valence-electron chi connectivity index (χ1n) is 18.7. The summed E-state index contributed by atoms with van der Waals surface area (Å²) in [5, 5.41) is 15.0. The molecule has 6 aromatic rings.